The number of aryl methyl sites for hydroxylation is 2. The van der Waals surface area contributed by atoms with Gasteiger partial charge in [0.05, 0.1) is 22.3 Å². The Morgan fingerprint density at radius 3 is 2.38 bits per heavy atom. The quantitative estimate of drug-likeness (QED) is 0.301. The Morgan fingerprint density at radius 1 is 0.971 bits per heavy atom. The third-order valence-electron chi connectivity index (χ3n) is 6.23. The van der Waals surface area contributed by atoms with Crippen LogP contribution in [0.15, 0.2) is 66.7 Å². The number of nitro groups is 1. The molecule has 5 rings (SSSR count). The molecule has 0 radical (unpaired) electrons. The first-order chi connectivity index (χ1) is 16.3. The molecule has 3 aromatic carbocycles. The molecule has 9 heteroatoms. The van der Waals surface area contributed by atoms with Crippen molar-refractivity contribution in [3.63, 3.8) is 0 Å². The zero-order chi connectivity index (χ0) is 24.1. The molecule has 2 saturated heterocycles. The van der Waals surface area contributed by atoms with Gasteiger partial charge in [-0.1, -0.05) is 47.5 Å². The molecule has 0 spiro atoms. The summed E-state index contributed by atoms with van der Waals surface area (Å²) in [4.78, 5) is 45.4. The maximum absolute atomic E-state index is 13.7. The monoisotopic (exact) mass is 477 g/mol. The Balaban J connectivity index is 1.64. The predicted octanol–water partition coefficient (Wildman–Crippen LogP) is 4.92. The number of imide groups is 1. The predicted molar refractivity (Wildman–Crippen MR) is 127 cm³/mol. The van der Waals surface area contributed by atoms with Crippen LogP contribution in [0.5, 0.6) is 0 Å². The van der Waals surface area contributed by atoms with Crippen molar-refractivity contribution in [3.8, 4) is 0 Å². The van der Waals surface area contributed by atoms with Gasteiger partial charge in [0, 0.05) is 22.7 Å². The van der Waals surface area contributed by atoms with E-state index in [-0.39, 0.29) is 10.7 Å². The maximum atomic E-state index is 13.7. The second kappa shape index (κ2) is 8.23. The van der Waals surface area contributed by atoms with Crippen LogP contribution >= 0.6 is 11.6 Å². The van der Waals surface area contributed by atoms with Crippen molar-refractivity contribution in [2.24, 2.45) is 5.92 Å². The Morgan fingerprint density at radius 2 is 1.71 bits per heavy atom. The molecule has 0 aliphatic carbocycles. The summed E-state index contributed by atoms with van der Waals surface area (Å²) < 4.78 is 0. The smallest absolute Gasteiger partial charge is 0.269 e. The summed E-state index contributed by atoms with van der Waals surface area (Å²) in [6.45, 7) is 3.77. The highest BCUT2D eigenvalue weighted by molar-refractivity contribution is 6.31. The number of carbonyl (C=O) groups is 2. The Hall–Kier alpha value is -3.75. The molecular weight excluding hydrogens is 458 g/mol. The molecule has 34 heavy (non-hydrogen) atoms. The molecule has 3 atom stereocenters. The molecule has 0 saturated carbocycles. The Kier molecular flexibility index (Phi) is 5.34. The number of nitro benzene ring substituents is 1. The van der Waals surface area contributed by atoms with E-state index in [4.69, 9.17) is 16.4 Å². The molecule has 0 bridgehead atoms. The SMILES string of the molecule is Cc1ccc(N2C(=O)C3ON(c4ccccc4)C(c4cc([N+](=O)[O-])ccc4Cl)C3C2=O)c(C)c1. The molecular formula is C25H20ClN3O5. The van der Waals surface area contributed by atoms with E-state index < -0.39 is 34.8 Å². The number of nitrogens with zero attached hydrogens (tertiary/aromatic N) is 3. The number of fused-ring (bicyclic) bond motifs is 1. The second-order valence-electron chi connectivity index (χ2n) is 8.42. The Labute approximate surface area is 200 Å². The van der Waals surface area contributed by atoms with Crippen LogP contribution in [0.1, 0.15) is 22.7 Å². The first-order valence-electron chi connectivity index (χ1n) is 10.7. The second-order valence-corrected chi connectivity index (χ2v) is 8.83. The van der Waals surface area contributed by atoms with Crippen LogP contribution in [0.25, 0.3) is 0 Å². The number of carbonyl (C=O) groups excluding carboxylic acids is 2. The topological polar surface area (TPSA) is 93.0 Å². The van der Waals surface area contributed by atoms with Gasteiger partial charge in [0.15, 0.2) is 6.10 Å². The van der Waals surface area contributed by atoms with Gasteiger partial charge in [0.25, 0.3) is 11.6 Å². The first-order valence-corrected chi connectivity index (χ1v) is 11.1. The van der Waals surface area contributed by atoms with Crippen molar-refractivity contribution in [1.82, 2.24) is 0 Å². The summed E-state index contributed by atoms with van der Waals surface area (Å²) in [5.74, 6) is -1.85. The van der Waals surface area contributed by atoms with Crippen LogP contribution in [-0.4, -0.2) is 22.8 Å². The van der Waals surface area contributed by atoms with Gasteiger partial charge in [-0.15, -0.1) is 0 Å². The normalized spacial score (nSPS) is 21.8. The van der Waals surface area contributed by atoms with E-state index in [0.717, 1.165) is 16.0 Å². The number of benzene rings is 3. The number of anilines is 2. The number of para-hydroxylation sites is 1. The van der Waals surface area contributed by atoms with E-state index in [9.17, 15) is 19.7 Å². The third-order valence-corrected chi connectivity index (χ3v) is 6.57. The summed E-state index contributed by atoms with van der Waals surface area (Å²) >= 11 is 6.49. The number of hydrogen-bond acceptors (Lipinski definition) is 6. The summed E-state index contributed by atoms with van der Waals surface area (Å²) in [7, 11) is 0. The zero-order valence-electron chi connectivity index (χ0n) is 18.3. The average Bonchev–Trinajstić information content (AvgIpc) is 3.31. The van der Waals surface area contributed by atoms with Gasteiger partial charge in [-0.25, -0.2) is 9.96 Å². The standard InChI is InChI=1S/C25H20ClN3O5/c1-14-8-11-20(15(2)12-14)27-24(30)21-22(18-13-17(29(32)33)9-10-19(18)26)28(34-23(21)25(27)31)16-6-4-3-5-7-16/h3-13,21-23H,1-2H3. The molecule has 2 aliphatic rings. The van der Waals surface area contributed by atoms with Crippen molar-refractivity contribution < 1.29 is 19.3 Å². The van der Waals surface area contributed by atoms with E-state index >= 15 is 0 Å². The van der Waals surface area contributed by atoms with Gasteiger partial charge >= 0.3 is 0 Å². The lowest BCUT2D eigenvalue weighted by Gasteiger charge is -2.29. The zero-order valence-corrected chi connectivity index (χ0v) is 19.1. The highest BCUT2D eigenvalue weighted by Gasteiger charge is 2.60. The largest absolute Gasteiger partial charge is 0.273 e. The van der Waals surface area contributed by atoms with Crippen molar-refractivity contribution in [2.45, 2.75) is 26.0 Å². The van der Waals surface area contributed by atoms with Crippen LogP contribution in [0, 0.1) is 29.9 Å². The first kappa shape index (κ1) is 22.1. The minimum Gasteiger partial charge on any atom is -0.273 e. The van der Waals surface area contributed by atoms with Crippen LogP contribution < -0.4 is 9.96 Å². The van der Waals surface area contributed by atoms with Gasteiger partial charge in [0.1, 0.15) is 5.92 Å². The molecule has 8 nitrogen and oxygen atoms in total. The minimum absolute atomic E-state index is 0.168. The average molecular weight is 478 g/mol. The Bertz CT molecular complexity index is 1330. The molecule has 2 fully saturated rings. The summed E-state index contributed by atoms with van der Waals surface area (Å²) in [6, 6.07) is 17.7. The van der Waals surface area contributed by atoms with Crippen molar-refractivity contribution in [1.29, 1.82) is 0 Å². The van der Waals surface area contributed by atoms with E-state index in [1.54, 1.807) is 30.3 Å². The summed E-state index contributed by atoms with van der Waals surface area (Å²) in [5.41, 5.74) is 3.06. The minimum atomic E-state index is -1.09. The molecule has 172 valence electrons. The summed E-state index contributed by atoms with van der Waals surface area (Å²) in [5, 5.41) is 13.2. The van der Waals surface area contributed by atoms with Crippen LogP contribution in [0.2, 0.25) is 5.02 Å². The van der Waals surface area contributed by atoms with Gasteiger partial charge < -0.3 is 0 Å². The number of hydroxylamine groups is 1. The lowest BCUT2D eigenvalue weighted by Crippen LogP contribution is -2.37. The number of rotatable bonds is 4. The lowest BCUT2D eigenvalue weighted by molar-refractivity contribution is -0.384. The highest BCUT2D eigenvalue weighted by atomic mass is 35.5. The van der Waals surface area contributed by atoms with Crippen molar-refractivity contribution in [3.05, 3.63) is 98.6 Å². The molecule has 0 aromatic heterocycles. The molecule has 2 amide bonds. The number of halogens is 1. The number of hydrogen-bond donors (Lipinski definition) is 0. The number of amides is 2. The molecule has 2 aliphatic heterocycles. The van der Waals surface area contributed by atoms with Crippen LogP contribution in [0.3, 0.4) is 0 Å². The van der Waals surface area contributed by atoms with Gasteiger partial charge in [-0.3, -0.25) is 24.5 Å². The van der Waals surface area contributed by atoms with Crippen molar-refractivity contribution >= 4 is 40.5 Å². The van der Waals surface area contributed by atoms with E-state index in [1.807, 2.05) is 32.0 Å². The molecule has 2 heterocycles. The van der Waals surface area contributed by atoms with Gasteiger partial charge in [-0.05, 0) is 43.7 Å². The van der Waals surface area contributed by atoms with Gasteiger partial charge in [-0.2, -0.15) is 0 Å². The number of non-ortho nitro benzene ring substituents is 1. The fourth-order valence-corrected chi connectivity index (χ4v) is 4.92. The van der Waals surface area contributed by atoms with Gasteiger partial charge in [0.2, 0.25) is 5.91 Å². The molecule has 3 unspecified atom stereocenters. The molecule has 3 aromatic rings. The highest BCUT2D eigenvalue weighted by Crippen LogP contribution is 2.49. The maximum Gasteiger partial charge on any atom is 0.269 e. The lowest BCUT2D eigenvalue weighted by atomic mass is 9.90. The van der Waals surface area contributed by atoms with Crippen LogP contribution in [-0.2, 0) is 14.4 Å². The van der Waals surface area contributed by atoms with E-state index in [2.05, 4.69) is 0 Å². The summed E-state index contributed by atoms with van der Waals surface area (Å²) in [6.07, 6.45) is -1.09. The fourth-order valence-electron chi connectivity index (χ4n) is 4.69. The van der Waals surface area contributed by atoms with E-state index in [1.165, 1.54) is 23.3 Å². The van der Waals surface area contributed by atoms with Crippen molar-refractivity contribution in [2.75, 3.05) is 9.96 Å². The fraction of sp³-hybridized carbons (Fsp3) is 0.200. The van der Waals surface area contributed by atoms with Crippen LogP contribution in [0.4, 0.5) is 17.1 Å². The van der Waals surface area contributed by atoms with E-state index in [0.29, 0.717) is 16.9 Å². The third kappa shape index (κ3) is 3.43. The molecule has 0 N–H and O–H groups in total.